The van der Waals surface area contributed by atoms with E-state index in [1.54, 1.807) is 12.3 Å². The van der Waals surface area contributed by atoms with Crippen LogP contribution in [-0.2, 0) is 6.18 Å². The lowest BCUT2D eigenvalue weighted by Crippen LogP contribution is -2.09. The molecule has 0 aliphatic heterocycles. The van der Waals surface area contributed by atoms with Crippen molar-refractivity contribution >= 4 is 17.5 Å². The van der Waals surface area contributed by atoms with Crippen LogP contribution in [-0.4, -0.2) is 30.6 Å². The third-order valence-electron chi connectivity index (χ3n) is 2.75. The molecule has 3 aromatic heterocycles. The summed E-state index contributed by atoms with van der Waals surface area (Å²) >= 11 is 1.38. The molecule has 3 rings (SSSR count). The van der Waals surface area contributed by atoms with Gasteiger partial charge in [-0.15, -0.1) is 0 Å². The maximum Gasteiger partial charge on any atom is 0.433 e. The minimum atomic E-state index is -4.49. The van der Waals surface area contributed by atoms with Gasteiger partial charge in [0.15, 0.2) is 5.16 Å². The highest BCUT2D eigenvalue weighted by Crippen LogP contribution is 2.28. The van der Waals surface area contributed by atoms with Gasteiger partial charge >= 0.3 is 6.18 Å². The van der Waals surface area contributed by atoms with Crippen molar-refractivity contribution < 1.29 is 13.2 Å². The van der Waals surface area contributed by atoms with Gasteiger partial charge in [0.25, 0.3) is 0 Å². The Morgan fingerprint density at radius 3 is 2.67 bits per heavy atom. The highest BCUT2D eigenvalue weighted by molar-refractivity contribution is 7.98. The van der Waals surface area contributed by atoms with Crippen molar-refractivity contribution in [1.82, 2.24) is 24.3 Å². The van der Waals surface area contributed by atoms with Crippen molar-refractivity contribution in [3.8, 4) is 11.4 Å². The van der Waals surface area contributed by atoms with Crippen LogP contribution in [0.15, 0.2) is 35.9 Å². The molecule has 0 unspecified atom stereocenters. The van der Waals surface area contributed by atoms with Gasteiger partial charge in [0.2, 0.25) is 5.78 Å². The number of hydrogen-bond acceptors (Lipinski definition) is 5. The molecule has 0 aromatic carbocycles. The summed E-state index contributed by atoms with van der Waals surface area (Å²) in [7, 11) is 0. The first-order chi connectivity index (χ1) is 9.99. The zero-order valence-electron chi connectivity index (χ0n) is 10.7. The maximum absolute atomic E-state index is 12.6. The minimum Gasteiger partial charge on any atom is -0.282 e. The van der Waals surface area contributed by atoms with Gasteiger partial charge in [-0.1, -0.05) is 11.8 Å². The number of thioether (sulfide) groups is 1. The van der Waals surface area contributed by atoms with Crippen LogP contribution in [0.2, 0.25) is 0 Å². The maximum atomic E-state index is 12.6. The van der Waals surface area contributed by atoms with Crippen molar-refractivity contribution in [3.63, 3.8) is 0 Å². The lowest BCUT2D eigenvalue weighted by molar-refractivity contribution is -0.141. The van der Waals surface area contributed by atoms with Gasteiger partial charge in [0, 0.05) is 12.4 Å². The normalized spacial score (nSPS) is 12.0. The Kier molecular flexibility index (Phi) is 3.28. The summed E-state index contributed by atoms with van der Waals surface area (Å²) < 4.78 is 39.3. The predicted molar refractivity (Wildman–Crippen MR) is 70.8 cm³/mol. The van der Waals surface area contributed by atoms with E-state index in [0.29, 0.717) is 16.5 Å². The molecule has 5 nitrogen and oxygen atoms in total. The molecule has 0 aliphatic rings. The van der Waals surface area contributed by atoms with E-state index >= 15 is 0 Å². The molecule has 3 heterocycles. The van der Waals surface area contributed by atoms with Crippen LogP contribution in [0.3, 0.4) is 0 Å². The molecule has 0 atom stereocenters. The quantitative estimate of drug-likeness (QED) is 0.538. The van der Waals surface area contributed by atoms with Crippen LogP contribution < -0.4 is 0 Å². The van der Waals surface area contributed by atoms with E-state index in [9.17, 15) is 13.2 Å². The van der Waals surface area contributed by atoms with Gasteiger partial charge in [0.05, 0.1) is 17.6 Å². The molecule has 0 bridgehead atoms. The second-order valence-corrected chi connectivity index (χ2v) is 4.83. The molecule has 0 radical (unpaired) electrons. The Hall–Kier alpha value is -2.16. The fraction of sp³-hybridized carbons (Fsp3) is 0.167. The van der Waals surface area contributed by atoms with Gasteiger partial charge < -0.3 is 0 Å². The molecule has 3 aromatic rings. The molecular weight excluding hydrogens is 303 g/mol. The monoisotopic (exact) mass is 311 g/mol. The largest absolute Gasteiger partial charge is 0.433 e. The first-order valence-corrected chi connectivity index (χ1v) is 7.00. The van der Waals surface area contributed by atoms with Crippen LogP contribution in [0.1, 0.15) is 5.69 Å². The molecule has 0 saturated heterocycles. The number of imidazole rings is 1. The highest BCUT2D eigenvalue weighted by atomic mass is 32.2. The van der Waals surface area contributed by atoms with Crippen molar-refractivity contribution in [1.29, 1.82) is 0 Å². The van der Waals surface area contributed by atoms with Crippen molar-refractivity contribution in [3.05, 3.63) is 36.4 Å². The first-order valence-electron chi connectivity index (χ1n) is 5.78. The zero-order valence-corrected chi connectivity index (χ0v) is 11.5. The average molecular weight is 311 g/mol. The van der Waals surface area contributed by atoms with E-state index < -0.39 is 11.9 Å². The van der Waals surface area contributed by atoms with Gasteiger partial charge in [-0.3, -0.25) is 4.40 Å². The lowest BCUT2D eigenvalue weighted by atomic mass is 10.3. The second kappa shape index (κ2) is 4.99. The Morgan fingerprint density at radius 1 is 1.14 bits per heavy atom. The summed E-state index contributed by atoms with van der Waals surface area (Å²) in [4.78, 5) is 15.8. The Bertz CT molecular complexity index is 799. The fourth-order valence-corrected chi connectivity index (χ4v) is 2.16. The third-order valence-corrected chi connectivity index (χ3v) is 3.31. The van der Waals surface area contributed by atoms with Gasteiger partial charge in [-0.2, -0.15) is 13.2 Å². The SMILES string of the molecule is CSc1nccc(-c2cnc3nc(C(F)(F)F)ccn23)n1. The number of rotatable bonds is 2. The second-order valence-electron chi connectivity index (χ2n) is 4.05. The lowest BCUT2D eigenvalue weighted by Gasteiger charge is -2.06. The van der Waals surface area contributed by atoms with E-state index in [-0.39, 0.29) is 5.78 Å². The fourth-order valence-electron chi connectivity index (χ4n) is 1.80. The number of halogens is 3. The number of nitrogens with zero attached hydrogens (tertiary/aromatic N) is 5. The number of hydrogen-bond donors (Lipinski definition) is 0. The zero-order chi connectivity index (χ0) is 15.0. The molecule has 9 heteroatoms. The van der Waals surface area contributed by atoms with Crippen LogP contribution in [0.5, 0.6) is 0 Å². The van der Waals surface area contributed by atoms with Gasteiger partial charge in [-0.05, 0) is 18.4 Å². The van der Waals surface area contributed by atoms with Gasteiger partial charge in [-0.25, -0.2) is 19.9 Å². The summed E-state index contributed by atoms with van der Waals surface area (Å²) in [5.74, 6) is -0.0239. The van der Waals surface area contributed by atoms with E-state index in [2.05, 4.69) is 19.9 Å². The summed E-state index contributed by atoms with van der Waals surface area (Å²) in [6.45, 7) is 0. The summed E-state index contributed by atoms with van der Waals surface area (Å²) in [6, 6.07) is 2.58. The molecular formula is C12H8F3N5S. The van der Waals surface area contributed by atoms with Crippen LogP contribution in [0.25, 0.3) is 17.2 Å². The van der Waals surface area contributed by atoms with Crippen molar-refractivity contribution in [2.75, 3.05) is 6.26 Å². The Morgan fingerprint density at radius 2 is 1.95 bits per heavy atom. The Balaban J connectivity index is 2.12. The molecule has 108 valence electrons. The van der Waals surface area contributed by atoms with E-state index in [1.807, 2.05) is 6.26 Å². The number of alkyl halides is 3. The molecule has 0 amide bonds. The Labute approximate surface area is 121 Å². The number of fused-ring (bicyclic) bond motifs is 1. The average Bonchev–Trinajstić information content (AvgIpc) is 2.89. The summed E-state index contributed by atoms with van der Waals surface area (Å²) in [6.07, 6.45) is 1.66. The van der Waals surface area contributed by atoms with Crippen molar-refractivity contribution in [2.24, 2.45) is 0 Å². The molecule has 0 saturated carbocycles. The first kappa shape index (κ1) is 13.8. The van der Waals surface area contributed by atoms with Crippen LogP contribution in [0, 0.1) is 0 Å². The molecule has 0 N–H and O–H groups in total. The van der Waals surface area contributed by atoms with Crippen LogP contribution in [0.4, 0.5) is 13.2 Å². The smallest absolute Gasteiger partial charge is 0.282 e. The topological polar surface area (TPSA) is 56.0 Å². The number of aromatic nitrogens is 5. The van der Waals surface area contributed by atoms with Crippen LogP contribution >= 0.6 is 11.8 Å². The van der Waals surface area contributed by atoms with E-state index in [4.69, 9.17) is 0 Å². The molecule has 0 spiro atoms. The molecule has 21 heavy (non-hydrogen) atoms. The minimum absolute atomic E-state index is 0.0239. The van der Waals surface area contributed by atoms with E-state index in [1.165, 1.54) is 28.6 Å². The molecule has 0 fully saturated rings. The molecule has 0 aliphatic carbocycles. The summed E-state index contributed by atoms with van der Waals surface area (Å²) in [5, 5.41) is 0.572. The van der Waals surface area contributed by atoms with E-state index in [0.717, 1.165) is 6.07 Å². The highest BCUT2D eigenvalue weighted by Gasteiger charge is 2.33. The van der Waals surface area contributed by atoms with Gasteiger partial charge in [0.1, 0.15) is 5.69 Å². The summed E-state index contributed by atoms with van der Waals surface area (Å²) in [5.41, 5.74) is 0.159. The standard InChI is InChI=1S/C12H8F3N5S/c1-21-11-16-4-2-7(18-11)8-6-17-10-19-9(12(13,14)15)3-5-20(8)10/h2-6H,1H3. The third kappa shape index (κ3) is 2.56. The predicted octanol–water partition coefficient (Wildman–Crippen LogP) is 2.93. The van der Waals surface area contributed by atoms with Crippen molar-refractivity contribution in [2.45, 2.75) is 11.3 Å².